The predicted molar refractivity (Wildman–Crippen MR) is 194 cm³/mol. The summed E-state index contributed by atoms with van der Waals surface area (Å²) in [5.74, 6) is 0. The number of benzene rings is 7. The summed E-state index contributed by atoms with van der Waals surface area (Å²) in [7, 11) is 0. The smallest absolute Gasteiger partial charge is 0.0734 e. The summed E-state index contributed by atoms with van der Waals surface area (Å²) >= 11 is 1.94. The maximum absolute atomic E-state index is 2.52. The number of anilines is 3. The van der Waals surface area contributed by atoms with Gasteiger partial charge in [-0.25, -0.2) is 0 Å². The zero-order valence-electron chi connectivity index (χ0n) is 24.3. The van der Waals surface area contributed by atoms with Gasteiger partial charge < -0.3 is 9.30 Å². The first-order valence-corrected chi connectivity index (χ1v) is 16.2. The van der Waals surface area contributed by atoms with E-state index in [0.717, 1.165) is 17.1 Å². The summed E-state index contributed by atoms with van der Waals surface area (Å²) in [5, 5.41) is 7.89. The van der Waals surface area contributed by atoms with Gasteiger partial charge in [-0.05, 0) is 70.9 Å². The van der Waals surface area contributed by atoms with Gasteiger partial charge in [0.25, 0.3) is 0 Å². The highest BCUT2D eigenvalue weighted by Gasteiger charge is 2.23. The Balaban J connectivity index is 1.33. The molecule has 3 aromatic heterocycles. The molecule has 210 valence electrons. The van der Waals surface area contributed by atoms with E-state index in [-0.39, 0.29) is 0 Å². The first-order valence-electron chi connectivity index (χ1n) is 15.4. The average molecular weight is 591 g/mol. The minimum atomic E-state index is 1.14. The highest BCUT2D eigenvalue weighted by Crippen LogP contribution is 2.50. The van der Waals surface area contributed by atoms with E-state index in [0.29, 0.717) is 0 Å². The van der Waals surface area contributed by atoms with E-state index >= 15 is 0 Å². The van der Waals surface area contributed by atoms with Crippen molar-refractivity contribution in [1.82, 2.24) is 4.40 Å². The number of aromatic nitrogens is 1. The summed E-state index contributed by atoms with van der Waals surface area (Å²) in [6, 6.07) is 57.4. The second-order valence-electron chi connectivity index (χ2n) is 11.7. The van der Waals surface area contributed by atoms with Crippen LogP contribution in [0.15, 0.2) is 158 Å². The highest BCUT2D eigenvalue weighted by atomic mass is 32.1. The Morgan fingerprint density at radius 1 is 0.444 bits per heavy atom. The Hall–Kier alpha value is -5.64. The van der Waals surface area contributed by atoms with Gasteiger partial charge in [-0.15, -0.1) is 11.3 Å². The zero-order chi connectivity index (χ0) is 29.5. The predicted octanol–water partition coefficient (Wildman–Crippen LogP) is 12.3. The Kier molecular flexibility index (Phi) is 5.19. The van der Waals surface area contributed by atoms with Crippen LogP contribution in [0.2, 0.25) is 0 Å². The molecule has 45 heavy (non-hydrogen) atoms. The van der Waals surface area contributed by atoms with Crippen LogP contribution < -0.4 is 4.90 Å². The van der Waals surface area contributed by atoms with Gasteiger partial charge in [0.05, 0.1) is 21.3 Å². The van der Waals surface area contributed by atoms with Crippen molar-refractivity contribution in [3.05, 3.63) is 158 Å². The Morgan fingerprint density at radius 2 is 1.04 bits per heavy atom. The lowest BCUT2D eigenvalue weighted by Gasteiger charge is -2.26. The monoisotopic (exact) mass is 590 g/mol. The fraction of sp³-hybridized carbons (Fsp3) is 0. The summed E-state index contributed by atoms with van der Waals surface area (Å²) in [4.78, 5) is 2.34. The largest absolute Gasteiger partial charge is 0.310 e. The molecule has 0 aliphatic heterocycles. The summed E-state index contributed by atoms with van der Waals surface area (Å²) in [6.45, 7) is 0. The molecule has 2 nitrogen and oxygen atoms in total. The first kappa shape index (κ1) is 24.8. The fourth-order valence-corrected chi connectivity index (χ4v) is 8.78. The van der Waals surface area contributed by atoms with Crippen molar-refractivity contribution in [2.24, 2.45) is 0 Å². The lowest BCUT2D eigenvalue weighted by Crippen LogP contribution is -2.09. The molecule has 3 heterocycles. The molecule has 0 aliphatic rings. The molecule has 3 heteroatoms. The van der Waals surface area contributed by atoms with E-state index in [4.69, 9.17) is 0 Å². The van der Waals surface area contributed by atoms with Gasteiger partial charge in [0.1, 0.15) is 0 Å². The van der Waals surface area contributed by atoms with Crippen molar-refractivity contribution in [3.8, 4) is 11.1 Å². The quantitative estimate of drug-likeness (QED) is 0.198. The van der Waals surface area contributed by atoms with Crippen LogP contribution in [0.1, 0.15) is 0 Å². The van der Waals surface area contributed by atoms with Crippen LogP contribution in [0.3, 0.4) is 0 Å². The minimum Gasteiger partial charge on any atom is -0.310 e. The normalized spacial score (nSPS) is 12.0. The molecule has 0 saturated heterocycles. The van der Waals surface area contributed by atoms with Crippen molar-refractivity contribution >= 4 is 86.7 Å². The lowest BCUT2D eigenvalue weighted by atomic mass is 9.95. The molecule has 0 saturated carbocycles. The van der Waals surface area contributed by atoms with Crippen LogP contribution in [0.25, 0.3) is 69.4 Å². The highest BCUT2D eigenvalue weighted by molar-refractivity contribution is 7.27. The van der Waals surface area contributed by atoms with Gasteiger partial charge in [-0.3, -0.25) is 0 Å². The molecule has 0 atom stereocenters. The molecule has 0 fully saturated rings. The molecule has 7 aromatic carbocycles. The first-order chi connectivity index (χ1) is 22.3. The Morgan fingerprint density at radius 3 is 1.80 bits per heavy atom. The summed E-state index contributed by atoms with van der Waals surface area (Å²) in [5.41, 5.74) is 9.75. The van der Waals surface area contributed by atoms with Crippen LogP contribution >= 0.6 is 11.3 Å². The molecule has 0 radical (unpaired) electrons. The van der Waals surface area contributed by atoms with Crippen molar-refractivity contribution in [3.63, 3.8) is 0 Å². The molecule has 0 N–H and O–H groups in total. The zero-order valence-corrected chi connectivity index (χ0v) is 25.1. The summed E-state index contributed by atoms with van der Waals surface area (Å²) < 4.78 is 5.22. The molecule has 0 unspecified atom stereocenters. The van der Waals surface area contributed by atoms with Crippen LogP contribution in [0.5, 0.6) is 0 Å². The van der Waals surface area contributed by atoms with E-state index in [9.17, 15) is 0 Å². The third kappa shape index (κ3) is 3.50. The maximum atomic E-state index is 2.52. The number of para-hydroxylation sites is 4. The average Bonchev–Trinajstić information content (AvgIpc) is 3.60. The molecule has 10 rings (SSSR count). The van der Waals surface area contributed by atoms with E-state index in [1.807, 2.05) is 11.3 Å². The van der Waals surface area contributed by atoms with Crippen LogP contribution in [0.4, 0.5) is 17.1 Å². The topological polar surface area (TPSA) is 7.65 Å². The molecular formula is C42H26N2S. The third-order valence-electron chi connectivity index (χ3n) is 9.27. The number of nitrogens with zero attached hydrogens (tertiary/aromatic N) is 2. The van der Waals surface area contributed by atoms with Crippen LogP contribution in [-0.2, 0) is 0 Å². The van der Waals surface area contributed by atoms with E-state index < -0.39 is 0 Å². The molecule has 0 amide bonds. The van der Waals surface area contributed by atoms with Crippen molar-refractivity contribution in [1.29, 1.82) is 0 Å². The Bertz CT molecular complexity index is 2660. The second kappa shape index (κ2) is 9.43. The van der Waals surface area contributed by atoms with E-state index in [1.165, 1.54) is 69.4 Å². The summed E-state index contributed by atoms with van der Waals surface area (Å²) in [6.07, 6.45) is 0. The molecule has 0 spiro atoms. The molecule has 0 aliphatic carbocycles. The van der Waals surface area contributed by atoms with E-state index in [1.54, 1.807) is 0 Å². The van der Waals surface area contributed by atoms with Crippen LogP contribution in [-0.4, -0.2) is 4.40 Å². The molecular weight excluding hydrogens is 565 g/mol. The van der Waals surface area contributed by atoms with E-state index in [2.05, 4.69) is 167 Å². The van der Waals surface area contributed by atoms with Gasteiger partial charge >= 0.3 is 0 Å². The SMILES string of the molecule is c1ccc(N(c2ccccc2)c2cccc(-c3cc4cccc5c6ccccc6n6c7ccccc7c7sc3c(c45)c76)c2)cc1. The van der Waals surface area contributed by atoms with Crippen molar-refractivity contribution in [2.75, 3.05) is 4.90 Å². The lowest BCUT2D eigenvalue weighted by molar-refractivity contribution is 1.28. The van der Waals surface area contributed by atoms with Gasteiger partial charge in [-0.2, -0.15) is 0 Å². The number of rotatable bonds is 4. The number of thiophene rings is 1. The van der Waals surface area contributed by atoms with Gasteiger partial charge in [0.15, 0.2) is 0 Å². The van der Waals surface area contributed by atoms with Gasteiger partial charge in [-0.1, -0.05) is 103 Å². The second-order valence-corrected chi connectivity index (χ2v) is 12.8. The third-order valence-corrected chi connectivity index (χ3v) is 10.5. The van der Waals surface area contributed by atoms with Crippen LogP contribution in [0, 0.1) is 0 Å². The van der Waals surface area contributed by atoms with Gasteiger partial charge in [0, 0.05) is 48.9 Å². The Labute approximate surface area is 264 Å². The standard InChI is InChI=1S/C42H26N2S/c1-3-15-29(16-4-1)43(30-17-5-2-6-18-30)31-19-11-13-27(25-31)35-26-28-14-12-22-33-32-20-7-9-23-36(32)44-37-24-10-8-21-34(37)42-40(44)39(38(28)33)41(35)45-42/h1-26H. The van der Waals surface area contributed by atoms with Crippen molar-refractivity contribution in [2.45, 2.75) is 0 Å². The maximum Gasteiger partial charge on any atom is 0.0734 e. The number of hydrogen-bond acceptors (Lipinski definition) is 2. The fourth-order valence-electron chi connectivity index (χ4n) is 7.41. The minimum absolute atomic E-state index is 1.14. The van der Waals surface area contributed by atoms with Crippen molar-refractivity contribution < 1.29 is 0 Å². The number of hydrogen-bond donors (Lipinski definition) is 0. The number of fused-ring (bicyclic) bond motifs is 6. The van der Waals surface area contributed by atoms with Gasteiger partial charge in [0.2, 0.25) is 0 Å². The molecule has 0 bridgehead atoms. The molecule has 10 aromatic rings.